The Balaban J connectivity index is 1.67. The van der Waals surface area contributed by atoms with Gasteiger partial charge in [-0.05, 0) is 62.4 Å². The summed E-state index contributed by atoms with van der Waals surface area (Å²) in [6.07, 6.45) is 6.10. The molecule has 0 spiro atoms. The van der Waals surface area contributed by atoms with Crippen LogP contribution in [0.2, 0.25) is 0 Å². The van der Waals surface area contributed by atoms with Gasteiger partial charge in [-0.1, -0.05) is 27.7 Å². The largest absolute Gasteiger partial charge is 0.389 e. The standard InChI is InChI=1S/C18H35NO2/c1-14-5-7-19(8-6-14)12-16(20)13-21-17-9-15(2)10-18(3,4)11-17/h14-17,20H,5-13H2,1-4H3/t15-,16+,17+/m1/s1. The number of hydrogen-bond acceptors (Lipinski definition) is 3. The number of nitrogens with zero attached hydrogens (tertiary/aromatic N) is 1. The zero-order chi connectivity index (χ0) is 15.5. The average Bonchev–Trinajstić information content (AvgIpc) is 2.37. The molecule has 21 heavy (non-hydrogen) atoms. The van der Waals surface area contributed by atoms with Crippen molar-refractivity contribution in [3.8, 4) is 0 Å². The molecule has 0 bridgehead atoms. The number of hydrogen-bond donors (Lipinski definition) is 1. The first-order valence-corrected chi connectivity index (χ1v) is 8.86. The van der Waals surface area contributed by atoms with Gasteiger partial charge in [-0.2, -0.15) is 0 Å². The molecular weight excluding hydrogens is 262 g/mol. The van der Waals surface area contributed by atoms with E-state index < -0.39 is 0 Å². The summed E-state index contributed by atoms with van der Waals surface area (Å²) in [6.45, 7) is 12.9. The minimum atomic E-state index is -0.334. The number of aliphatic hydroxyl groups is 1. The molecule has 3 nitrogen and oxygen atoms in total. The predicted molar refractivity (Wildman–Crippen MR) is 87.4 cm³/mol. The van der Waals surface area contributed by atoms with Crippen LogP contribution in [0.25, 0.3) is 0 Å². The Labute approximate surface area is 131 Å². The van der Waals surface area contributed by atoms with Crippen molar-refractivity contribution in [2.24, 2.45) is 17.3 Å². The molecule has 0 amide bonds. The highest BCUT2D eigenvalue weighted by Crippen LogP contribution is 2.39. The van der Waals surface area contributed by atoms with Crippen LogP contribution in [-0.4, -0.2) is 48.5 Å². The topological polar surface area (TPSA) is 32.7 Å². The zero-order valence-corrected chi connectivity index (χ0v) is 14.5. The minimum absolute atomic E-state index is 0.333. The van der Waals surface area contributed by atoms with Crippen molar-refractivity contribution in [1.29, 1.82) is 0 Å². The van der Waals surface area contributed by atoms with Crippen molar-refractivity contribution < 1.29 is 9.84 Å². The van der Waals surface area contributed by atoms with Gasteiger partial charge in [-0.3, -0.25) is 0 Å². The molecule has 0 radical (unpaired) electrons. The number of likely N-dealkylation sites (tertiary alicyclic amines) is 1. The molecule has 1 aliphatic heterocycles. The maximum atomic E-state index is 10.2. The molecule has 1 heterocycles. The van der Waals surface area contributed by atoms with Crippen LogP contribution in [0.3, 0.4) is 0 Å². The van der Waals surface area contributed by atoms with Crippen LogP contribution in [0, 0.1) is 17.3 Å². The molecule has 3 atom stereocenters. The first-order valence-electron chi connectivity index (χ1n) is 8.86. The van der Waals surface area contributed by atoms with Crippen molar-refractivity contribution in [3.05, 3.63) is 0 Å². The lowest BCUT2D eigenvalue weighted by Gasteiger charge is -2.39. The smallest absolute Gasteiger partial charge is 0.0900 e. The Kier molecular flexibility index (Phi) is 6.10. The van der Waals surface area contributed by atoms with E-state index in [-0.39, 0.29) is 6.10 Å². The van der Waals surface area contributed by atoms with E-state index in [9.17, 15) is 5.11 Å². The van der Waals surface area contributed by atoms with Crippen LogP contribution in [-0.2, 0) is 4.74 Å². The fourth-order valence-electron chi connectivity index (χ4n) is 4.23. The van der Waals surface area contributed by atoms with Crippen LogP contribution in [0.15, 0.2) is 0 Å². The molecule has 1 N–H and O–H groups in total. The number of piperidine rings is 1. The Hall–Kier alpha value is -0.120. The second-order valence-corrected chi connectivity index (χ2v) is 8.51. The van der Waals surface area contributed by atoms with E-state index in [1.807, 2.05) is 0 Å². The third-order valence-corrected chi connectivity index (χ3v) is 5.22. The van der Waals surface area contributed by atoms with E-state index in [1.165, 1.54) is 19.3 Å². The summed E-state index contributed by atoms with van der Waals surface area (Å²) in [5.74, 6) is 1.58. The second-order valence-electron chi connectivity index (χ2n) is 8.51. The normalized spacial score (nSPS) is 33.0. The zero-order valence-electron chi connectivity index (χ0n) is 14.5. The molecule has 1 aliphatic carbocycles. The summed E-state index contributed by atoms with van der Waals surface area (Å²) < 4.78 is 6.04. The summed E-state index contributed by atoms with van der Waals surface area (Å²) >= 11 is 0. The fourth-order valence-corrected chi connectivity index (χ4v) is 4.23. The third-order valence-electron chi connectivity index (χ3n) is 5.22. The van der Waals surface area contributed by atoms with Crippen LogP contribution < -0.4 is 0 Å². The monoisotopic (exact) mass is 297 g/mol. The van der Waals surface area contributed by atoms with E-state index in [2.05, 4.69) is 32.6 Å². The summed E-state index contributed by atoms with van der Waals surface area (Å²) in [5, 5.41) is 10.2. The SMILES string of the molecule is CC1CCN(C[C@H](O)CO[C@H]2C[C@@H](C)CC(C)(C)C2)CC1. The molecule has 2 aliphatic rings. The van der Waals surface area contributed by atoms with Gasteiger partial charge in [0.05, 0.1) is 18.8 Å². The quantitative estimate of drug-likeness (QED) is 0.845. The van der Waals surface area contributed by atoms with E-state index >= 15 is 0 Å². The molecule has 1 saturated carbocycles. The van der Waals surface area contributed by atoms with Crippen LogP contribution in [0.5, 0.6) is 0 Å². The molecule has 0 aromatic rings. The molecular formula is C18H35NO2. The maximum absolute atomic E-state index is 10.2. The van der Waals surface area contributed by atoms with Gasteiger partial charge in [0.25, 0.3) is 0 Å². The second kappa shape index (κ2) is 7.43. The van der Waals surface area contributed by atoms with Gasteiger partial charge in [0.1, 0.15) is 0 Å². The lowest BCUT2D eigenvalue weighted by Crippen LogP contribution is -2.41. The van der Waals surface area contributed by atoms with Gasteiger partial charge >= 0.3 is 0 Å². The van der Waals surface area contributed by atoms with Gasteiger partial charge in [-0.25, -0.2) is 0 Å². The fraction of sp³-hybridized carbons (Fsp3) is 1.00. The number of aliphatic hydroxyl groups excluding tert-OH is 1. The molecule has 0 unspecified atom stereocenters. The van der Waals surface area contributed by atoms with Crippen molar-refractivity contribution in [2.45, 2.75) is 72.0 Å². The molecule has 0 aromatic heterocycles. The van der Waals surface area contributed by atoms with E-state index in [4.69, 9.17) is 4.74 Å². The Morgan fingerprint density at radius 2 is 1.81 bits per heavy atom. The highest BCUT2D eigenvalue weighted by atomic mass is 16.5. The molecule has 2 fully saturated rings. The minimum Gasteiger partial charge on any atom is -0.389 e. The molecule has 0 aromatic carbocycles. The number of β-amino-alcohol motifs (C(OH)–C–C–N with tert-alkyl or cyclic N) is 1. The third kappa shape index (κ3) is 5.88. The van der Waals surface area contributed by atoms with Crippen LogP contribution >= 0.6 is 0 Å². The van der Waals surface area contributed by atoms with Gasteiger partial charge < -0.3 is 14.7 Å². The highest BCUT2D eigenvalue weighted by molar-refractivity contribution is 4.83. The average molecular weight is 297 g/mol. The van der Waals surface area contributed by atoms with Crippen LogP contribution in [0.1, 0.15) is 59.8 Å². The van der Waals surface area contributed by atoms with Crippen molar-refractivity contribution in [1.82, 2.24) is 4.90 Å². The Morgan fingerprint density at radius 3 is 2.43 bits per heavy atom. The van der Waals surface area contributed by atoms with Crippen molar-refractivity contribution in [2.75, 3.05) is 26.2 Å². The first kappa shape index (κ1) is 17.2. The summed E-state index contributed by atoms with van der Waals surface area (Å²) in [4.78, 5) is 2.39. The van der Waals surface area contributed by atoms with Crippen molar-refractivity contribution in [3.63, 3.8) is 0 Å². The Morgan fingerprint density at radius 1 is 1.14 bits per heavy atom. The van der Waals surface area contributed by atoms with E-state index in [0.29, 0.717) is 18.1 Å². The lowest BCUT2D eigenvalue weighted by atomic mass is 9.71. The van der Waals surface area contributed by atoms with Crippen molar-refractivity contribution >= 4 is 0 Å². The van der Waals surface area contributed by atoms with Gasteiger partial charge in [0.15, 0.2) is 0 Å². The van der Waals surface area contributed by atoms with Gasteiger partial charge in [0.2, 0.25) is 0 Å². The number of rotatable bonds is 5. The maximum Gasteiger partial charge on any atom is 0.0900 e. The molecule has 3 heteroatoms. The lowest BCUT2D eigenvalue weighted by molar-refractivity contribution is -0.0626. The van der Waals surface area contributed by atoms with Gasteiger partial charge in [0, 0.05) is 6.54 Å². The first-order chi connectivity index (χ1) is 9.84. The molecule has 2 rings (SSSR count). The summed E-state index contributed by atoms with van der Waals surface area (Å²) in [7, 11) is 0. The van der Waals surface area contributed by atoms with E-state index in [1.54, 1.807) is 0 Å². The Bertz CT molecular complexity index is 310. The summed E-state index contributed by atoms with van der Waals surface area (Å²) in [6, 6.07) is 0. The number of ether oxygens (including phenoxy) is 1. The van der Waals surface area contributed by atoms with E-state index in [0.717, 1.165) is 44.3 Å². The summed E-state index contributed by atoms with van der Waals surface area (Å²) in [5.41, 5.74) is 0.385. The predicted octanol–water partition coefficient (Wildman–Crippen LogP) is 3.31. The molecule has 124 valence electrons. The molecule has 1 saturated heterocycles. The van der Waals surface area contributed by atoms with Crippen LogP contribution in [0.4, 0.5) is 0 Å². The van der Waals surface area contributed by atoms with Gasteiger partial charge in [-0.15, -0.1) is 0 Å². The highest BCUT2D eigenvalue weighted by Gasteiger charge is 2.32.